The maximum Gasteiger partial charge on any atom is 0.311 e. The van der Waals surface area contributed by atoms with Gasteiger partial charge in [-0.2, -0.15) is 0 Å². The number of carboxylic acid groups (broad SMARTS) is 1. The highest BCUT2D eigenvalue weighted by Gasteiger charge is 2.42. The van der Waals surface area contributed by atoms with E-state index in [4.69, 9.17) is 9.47 Å². The predicted molar refractivity (Wildman–Crippen MR) is 95.0 cm³/mol. The van der Waals surface area contributed by atoms with E-state index in [1.165, 1.54) is 0 Å². The van der Waals surface area contributed by atoms with Gasteiger partial charge in [0.2, 0.25) is 0 Å². The van der Waals surface area contributed by atoms with Gasteiger partial charge in [-0.3, -0.25) is 14.4 Å². The van der Waals surface area contributed by atoms with Crippen LogP contribution in [0.1, 0.15) is 73.6 Å². The van der Waals surface area contributed by atoms with E-state index in [9.17, 15) is 19.5 Å². The first kappa shape index (κ1) is 23.4. The molecule has 0 aliphatic heterocycles. The molecule has 25 heavy (non-hydrogen) atoms. The van der Waals surface area contributed by atoms with Crippen LogP contribution in [0.2, 0.25) is 0 Å². The number of esters is 2. The van der Waals surface area contributed by atoms with Crippen molar-refractivity contribution >= 4 is 17.9 Å². The number of hydrogen-bond acceptors (Lipinski definition) is 5. The second-order valence-electron chi connectivity index (χ2n) is 7.45. The summed E-state index contributed by atoms with van der Waals surface area (Å²) in [6, 6.07) is 0. The Morgan fingerprint density at radius 1 is 1.00 bits per heavy atom. The predicted octanol–water partition coefficient (Wildman–Crippen LogP) is 3.82. The molecule has 2 unspecified atom stereocenters. The maximum atomic E-state index is 12.5. The van der Waals surface area contributed by atoms with Crippen molar-refractivity contribution < 1.29 is 29.0 Å². The second-order valence-corrected chi connectivity index (χ2v) is 7.45. The van der Waals surface area contributed by atoms with Gasteiger partial charge in [-0.15, -0.1) is 0 Å². The topological polar surface area (TPSA) is 89.9 Å². The van der Waals surface area contributed by atoms with Gasteiger partial charge in [-0.25, -0.2) is 0 Å². The van der Waals surface area contributed by atoms with Gasteiger partial charge in [-0.05, 0) is 53.4 Å². The van der Waals surface area contributed by atoms with Gasteiger partial charge >= 0.3 is 17.9 Å². The van der Waals surface area contributed by atoms with Crippen molar-refractivity contribution in [3.8, 4) is 0 Å². The fraction of sp³-hybridized carbons (Fsp3) is 0.842. The Hall–Kier alpha value is -1.59. The molecule has 0 amide bonds. The molecule has 0 aliphatic rings. The first-order valence-corrected chi connectivity index (χ1v) is 9.11. The normalized spacial score (nSPS) is 15.1. The van der Waals surface area contributed by atoms with Gasteiger partial charge in [0.1, 0.15) is 0 Å². The Morgan fingerprint density at radius 2 is 1.60 bits per heavy atom. The highest BCUT2D eigenvalue weighted by molar-refractivity contribution is 5.80. The molecule has 0 radical (unpaired) electrons. The Bertz CT molecular complexity index is 457. The molecule has 2 atom stereocenters. The van der Waals surface area contributed by atoms with Crippen molar-refractivity contribution in [2.24, 2.45) is 16.7 Å². The summed E-state index contributed by atoms with van der Waals surface area (Å²) in [7, 11) is 0. The molecule has 0 saturated heterocycles. The van der Waals surface area contributed by atoms with Gasteiger partial charge in [0.15, 0.2) is 0 Å². The SMILES string of the molecule is CCCCOC(=O)C(C)(CC)CC(CC(C)(C)C(=O)O)C(=O)OCC. The third-order valence-electron chi connectivity index (χ3n) is 4.66. The van der Waals surface area contributed by atoms with Crippen molar-refractivity contribution in [3.63, 3.8) is 0 Å². The summed E-state index contributed by atoms with van der Waals surface area (Å²) in [6.45, 7) is 11.1. The summed E-state index contributed by atoms with van der Waals surface area (Å²) in [4.78, 5) is 36.3. The number of carboxylic acids is 1. The Labute approximate surface area is 151 Å². The van der Waals surface area contributed by atoms with Crippen LogP contribution in [0.3, 0.4) is 0 Å². The van der Waals surface area contributed by atoms with E-state index in [0.717, 1.165) is 12.8 Å². The van der Waals surface area contributed by atoms with E-state index in [0.29, 0.717) is 13.0 Å². The largest absolute Gasteiger partial charge is 0.481 e. The van der Waals surface area contributed by atoms with Crippen LogP contribution in [0.4, 0.5) is 0 Å². The van der Waals surface area contributed by atoms with Crippen LogP contribution in [0.5, 0.6) is 0 Å². The van der Waals surface area contributed by atoms with Gasteiger partial charge in [-0.1, -0.05) is 20.3 Å². The Balaban J connectivity index is 5.31. The summed E-state index contributed by atoms with van der Waals surface area (Å²) < 4.78 is 10.5. The molecule has 1 N–H and O–H groups in total. The summed E-state index contributed by atoms with van der Waals surface area (Å²) in [5, 5.41) is 9.37. The van der Waals surface area contributed by atoms with Crippen LogP contribution in [0, 0.1) is 16.7 Å². The molecule has 6 nitrogen and oxygen atoms in total. The van der Waals surface area contributed by atoms with Crippen LogP contribution in [0.15, 0.2) is 0 Å². The monoisotopic (exact) mass is 358 g/mol. The van der Waals surface area contributed by atoms with Gasteiger partial charge in [0, 0.05) is 0 Å². The fourth-order valence-electron chi connectivity index (χ4n) is 2.60. The van der Waals surface area contributed by atoms with Crippen molar-refractivity contribution in [2.75, 3.05) is 13.2 Å². The number of carbonyl (C=O) groups is 3. The number of ether oxygens (including phenoxy) is 2. The summed E-state index contributed by atoms with van der Waals surface area (Å²) in [6.07, 6.45) is 2.54. The fourth-order valence-corrected chi connectivity index (χ4v) is 2.60. The number of aliphatic carboxylic acids is 1. The molecule has 0 heterocycles. The zero-order valence-electron chi connectivity index (χ0n) is 16.5. The lowest BCUT2D eigenvalue weighted by Gasteiger charge is -2.32. The van der Waals surface area contributed by atoms with Crippen LogP contribution in [0.25, 0.3) is 0 Å². The highest BCUT2D eigenvalue weighted by atomic mass is 16.5. The average Bonchev–Trinajstić information content (AvgIpc) is 2.54. The lowest BCUT2D eigenvalue weighted by molar-refractivity contribution is -0.160. The summed E-state index contributed by atoms with van der Waals surface area (Å²) >= 11 is 0. The zero-order chi connectivity index (χ0) is 19.7. The van der Waals surface area contributed by atoms with Crippen molar-refractivity contribution in [1.82, 2.24) is 0 Å². The van der Waals surface area contributed by atoms with E-state index < -0.39 is 28.7 Å². The van der Waals surface area contributed by atoms with Crippen LogP contribution in [-0.2, 0) is 23.9 Å². The number of rotatable bonds is 12. The molecular formula is C19H34O6. The smallest absolute Gasteiger partial charge is 0.311 e. The number of unbranched alkanes of at least 4 members (excludes halogenated alkanes) is 1. The summed E-state index contributed by atoms with van der Waals surface area (Å²) in [5.41, 5.74) is -1.93. The number of hydrogen-bond donors (Lipinski definition) is 1. The average molecular weight is 358 g/mol. The third kappa shape index (κ3) is 7.45. The first-order valence-electron chi connectivity index (χ1n) is 9.11. The maximum absolute atomic E-state index is 12.5. The second kappa shape index (κ2) is 10.4. The zero-order valence-corrected chi connectivity index (χ0v) is 16.5. The minimum Gasteiger partial charge on any atom is -0.481 e. The van der Waals surface area contributed by atoms with E-state index in [2.05, 4.69) is 0 Å². The molecule has 0 bridgehead atoms. The Kier molecular flexibility index (Phi) is 9.75. The van der Waals surface area contributed by atoms with Gasteiger partial charge in [0.05, 0.1) is 30.0 Å². The Morgan fingerprint density at radius 3 is 2.04 bits per heavy atom. The molecule has 0 aromatic rings. The molecule has 0 fully saturated rings. The molecule has 0 saturated carbocycles. The highest BCUT2D eigenvalue weighted by Crippen LogP contribution is 2.37. The van der Waals surface area contributed by atoms with Crippen molar-refractivity contribution in [3.05, 3.63) is 0 Å². The van der Waals surface area contributed by atoms with E-state index >= 15 is 0 Å². The molecular weight excluding hydrogens is 324 g/mol. The summed E-state index contributed by atoms with van der Waals surface area (Å²) in [5.74, 6) is -2.45. The molecule has 146 valence electrons. The molecule has 0 rings (SSSR count). The lowest BCUT2D eigenvalue weighted by Crippen LogP contribution is -2.37. The lowest BCUT2D eigenvalue weighted by atomic mass is 9.73. The standard InChI is InChI=1S/C19H34O6/c1-7-10-11-25-17(23)19(6,8-2)13-14(15(20)24-9-3)12-18(4,5)16(21)22/h14H,7-13H2,1-6H3,(H,21,22). The van der Waals surface area contributed by atoms with Crippen LogP contribution >= 0.6 is 0 Å². The van der Waals surface area contributed by atoms with E-state index in [-0.39, 0.29) is 25.4 Å². The molecule has 0 aromatic carbocycles. The van der Waals surface area contributed by atoms with E-state index in [1.807, 2.05) is 13.8 Å². The van der Waals surface area contributed by atoms with Gasteiger partial charge in [0.25, 0.3) is 0 Å². The quantitative estimate of drug-likeness (QED) is 0.421. The molecule has 0 aromatic heterocycles. The van der Waals surface area contributed by atoms with Crippen molar-refractivity contribution in [1.29, 1.82) is 0 Å². The van der Waals surface area contributed by atoms with Crippen molar-refractivity contribution in [2.45, 2.75) is 73.6 Å². The first-order chi connectivity index (χ1) is 11.5. The number of carbonyl (C=O) groups excluding carboxylic acids is 2. The molecule has 0 spiro atoms. The minimum atomic E-state index is -1.09. The van der Waals surface area contributed by atoms with E-state index in [1.54, 1.807) is 27.7 Å². The van der Waals surface area contributed by atoms with Crippen LogP contribution in [-0.4, -0.2) is 36.2 Å². The molecule has 6 heteroatoms. The van der Waals surface area contributed by atoms with Gasteiger partial charge < -0.3 is 14.6 Å². The molecule has 0 aliphatic carbocycles. The van der Waals surface area contributed by atoms with Crippen LogP contribution < -0.4 is 0 Å². The third-order valence-corrected chi connectivity index (χ3v) is 4.66. The minimum absolute atomic E-state index is 0.110.